The Kier molecular flexibility index (Phi) is 4.50. The third kappa shape index (κ3) is 3.30. The number of aromatic amines is 1. The van der Waals surface area contributed by atoms with E-state index in [1.54, 1.807) is 11.8 Å². The number of aromatic nitrogens is 2. The van der Waals surface area contributed by atoms with E-state index in [0.717, 1.165) is 38.0 Å². The van der Waals surface area contributed by atoms with Gasteiger partial charge in [-0.3, -0.25) is 14.5 Å². The third-order valence-corrected chi connectivity index (χ3v) is 4.93. The number of amides is 1. The zero-order chi connectivity index (χ0) is 16.4. The maximum absolute atomic E-state index is 12.8. The van der Waals surface area contributed by atoms with Crippen molar-refractivity contribution in [3.63, 3.8) is 0 Å². The van der Waals surface area contributed by atoms with E-state index in [-0.39, 0.29) is 23.5 Å². The van der Waals surface area contributed by atoms with E-state index in [1.165, 1.54) is 6.07 Å². The summed E-state index contributed by atoms with van der Waals surface area (Å²) in [6.07, 6.45) is 2.74. The van der Waals surface area contributed by atoms with Gasteiger partial charge in [-0.1, -0.05) is 0 Å². The first-order valence-corrected chi connectivity index (χ1v) is 8.22. The molecule has 1 aromatic heterocycles. The summed E-state index contributed by atoms with van der Waals surface area (Å²) in [5.74, 6) is 0.791. The lowest BCUT2D eigenvalue weighted by Gasteiger charge is -2.39. The number of H-pyrrole nitrogens is 1. The van der Waals surface area contributed by atoms with Crippen molar-refractivity contribution in [2.45, 2.75) is 32.7 Å². The Labute approximate surface area is 135 Å². The van der Waals surface area contributed by atoms with E-state index in [4.69, 9.17) is 5.11 Å². The average molecular weight is 320 g/mol. The van der Waals surface area contributed by atoms with E-state index in [1.807, 2.05) is 0 Å². The molecular formula is C16H24N4O3. The lowest BCUT2D eigenvalue weighted by molar-refractivity contribution is -0.146. The van der Waals surface area contributed by atoms with Crippen molar-refractivity contribution in [1.29, 1.82) is 0 Å². The summed E-state index contributed by atoms with van der Waals surface area (Å²) in [4.78, 5) is 35.3. The van der Waals surface area contributed by atoms with Crippen LogP contribution in [0.2, 0.25) is 0 Å². The van der Waals surface area contributed by atoms with Crippen LogP contribution in [0.3, 0.4) is 0 Å². The van der Waals surface area contributed by atoms with Gasteiger partial charge in [0.15, 0.2) is 0 Å². The monoisotopic (exact) mass is 320 g/mol. The molecule has 0 saturated carbocycles. The average Bonchev–Trinajstić information content (AvgIpc) is 2.87. The standard InChI is InChI=1S/C16H24N4O3/c1-12-17-13(9-14(22)18-12)10-19-6-4-16(11-19)3-2-5-20(7-8-21)15(16)23/h9,21H,2-8,10-11H2,1H3,(H,17,18,22). The molecule has 0 aliphatic carbocycles. The van der Waals surface area contributed by atoms with Crippen LogP contribution in [0.25, 0.3) is 0 Å². The molecule has 1 spiro atoms. The van der Waals surface area contributed by atoms with Gasteiger partial charge >= 0.3 is 0 Å². The minimum Gasteiger partial charge on any atom is -0.395 e. The smallest absolute Gasteiger partial charge is 0.251 e. The highest BCUT2D eigenvalue weighted by Crippen LogP contribution is 2.40. The van der Waals surface area contributed by atoms with Crippen LogP contribution < -0.4 is 5.56 Å². The molecule has 3 heterocycles. The summed E-state index contributed by atoms with van der Waals surface area (Å²) >= 11 is 0. The highest BCUT2D eigenvalue weighted by Gasteiger charge is 2.48. The molecule has 2 aliphatic heterocycles. The molecule has 0 aromatic carbocycles. The number of aryl methyl sites for hydroxylation is 1. The first-order chi connectivity index (χ1) is 11.0. The Morgan fingerprint density at radius 1 is 1.35 bits per heavy atom. The molecule has 0 bridgehead atoms. The van der Waals surface area contributed by atoms with Gasteiger partial charge < -0.3 is 15.0 Å². The van der Waals surface area contributed by atoms with Crippen molar-refractivity contribution in [3.05, 3.63) is 27.9 Å². The number of carbonyl (C=O) groups is 1. The third-order valence-electron chi connectivity index (χ3n) is 4.93. The first kappa shape index (κ1) is 16.1. The normalized spacial score (nSPS) is 25.5. The van der Waals surface area contributed by atoms with Crippen molar-refractivity contribution >= 4 is 5.91 Å². The van der Waals surface area contributed by atoms with Crippen molar-refractivity contribution in [2.75, 3.05) is 32.8 Å². The highest BCUT2D eigenvalue weighted by molar-refractivity contribution is 5.84. The van der Waals surface area contributed by atoms with E-state index in [2.05, 4.69) is 14.9 Å². The van der Waals surface area contributed by atoms with Gasteiger partial charge in [-0.05, 0) is 32.7 Å². The van der Waals surface area contributed by atoms with Crippen LogP contribution >= 0.6 is 0 Å². The molecule has 2 saturated heterocycles. The molecular weight excluding hydrogens is 296 g/mol. The number of nitrogens with one attached hydrogen (secondary N) is 1. The van der Waals surface area contributed by atoms with Crippen molar-refractivity contribution in [2.24, 2.45) is 5.41 Å². The number of nitrogens with zero attached hydrogens (tertiary/aromatic N) is 3. The van der Waals surface area contributed by atoms with Crippen LogP contribution in [0.1, 0.15) is 30.8 Å². The molecule has 1 atom stereocenters. The van der Waals surface area contributed by atoms with Crippen molar-refractivity contribution < 1.29 is 9.90 Å². The van der Waals surface area contributed by atoms with Crippen LogP contribution in [-0.2, 0) is 11.3 Å². The maximum Gasteiger partial charge on any atom is 0.251 e. The zero-order valence-electron chi connectivity index (χ0n) is 13.5. The number of likely N-dealkylation sites (tertiary alicyclic amines) is 2. The minimum atomic E-state index is -0.316. The van der Waals surface area contributed by atoms with Crippen LogP contribution in [0.4, 0.5) is 0 Å². The fraction of sp³-hybridized carbons (Fsp3) is 0.688. The molecule has 7 nitrogen and oxygen atoms in total. The SMILES string of the molecule is Cc1nc(CN2CCC3(CCCN(CCO)C3=O)C2)cc(=O)[nH]1. The fourth-order valence-electron chi connectivity index (χ4n) is 3.91. The predicted octanol–water partition coefficient (Wildman–Crippen LogP) is -0.115. The largest absolute Gasteiger partial charge is 0.395 e. The molecule has 2 aliphatic rings. The van der Waals surface area contributed by atoms with Gasteiger partial charge in [0, 0.05) is 32.2 Å². The minimum absolute atomic E-state index is 0.0154. The molecule has 126 valence electrons. The summed E-state index contributed by atoms with van der Waals surface area (Å²) in [6, 6.07) is 1.53. The van der Waals surface area contributed by atoms with Gasteiger partial charge in [0.05, 0.1) is 17.7 Å². The lowest BCUT2D eigenvalue weighted by atomic mass is 9.78. The van der Waals surface area contributed by atoms with Gasteiger partial charge in [0.2, 0.25) is 5.91 Å². The number of carbonyl (C=O) groups excluding carboxylic acids is 1. The summed E-state index contributed by atoms with van der Waals surface area (Å²) < 4.78 is 0. The Morgan fingerprint density at radius 3 is 2.91 bits per heavy atom. The van der Waals surface area contributed by atoms with Gasteiger partial charge in [-0.25, -0.2) is 4.98 Å². The number of β-amino-alcohol motifs (C(OH)–C–C–N with tert-alkyl or cyclic N) is 1. The quantitative estimate of drug-likeness (QED) is 0.808. The second kappa shape index (κ2) is 6.41. The number of hydrogen-bond acceptors (Lipinski definition) is 5. The number of piperidine rings is 1. The second-order valence-electron chi connectivity index (χ2n) is 6.68. The molecule has 3 rings (SSSR count). The van der Waals surface area contributed by atoms with Crippen LogP contribution in [-0.4, -0.2) is 63.6 Å². The van der Waals surface area contributed by atoms with Crippen LogP contribution in [0.15, 0.2) is 10.9 Å². The van der Waals surface area contributed by atoms with Crippen molar-refractivity contribution in [1.82, 2.24) is 19.8 Å². The Bertz CT molecular complexity index is 642. The van der Waals surface area contributed by atoms with E-state index < -0.39 is 0 Å². The molecule has 2 N–H and O–H groups in total. The van der Waals surface area contributed by atoms with Crippen LogP contribution in [0.5, 0.6) is 0 Å². The molecule has 1 amide bonds. The van der Waals surface area contributed by atoms with Gasteiger partial charge in [0.1, 0.15) is 5.82 Å². The molecule has 0 radical (unpaired) electrons. The second-order valence-corrected chi connectivity index (χ2v) is 6.68. The molecule has 23 heavy (non-hydrogen) atoms. The molecule has 1 unspecified atom stereocenters. The Hall–Kier alpha value is -1.73. The number of aliphatic hydroxyl groups excluding tert-OH is 1. The summed E-state index contributed by atoms with van der Waals surface area (Å²) in [7, 11) is 0. The summed E-state index contributed by atoms with van der Waals surface area (Å²) in [5, 5.41) is 9.12. The maximum atomic E-state index is 12.8. The number of aliphatic hydroxyl groups is 1. The Morgan fingerprint density at radius 2 is 2.17 bits per heavy atom. The zero-order valence-corrected chi connectivity index (χ0v) is 13.5. The predicted molar refractivity (Wildman–Crippen MR) is 84.8 cm³/mol. The van der Waals surface area contributed by atoms with Gasteiger partial charge in [-0.15, -0.1) is 0 Å². The molecule has 1 aromatic rings. The summed E-state index contributed by atoms with van der Waals surface area (Å²) in [6.45, 7) is 5.11. The van der Waals surface area contributed by atoms with Gasteiger partial charge in [-0.2, -0.15) is 0 Å². The van der Waals surface area contributed by atoms with E-state index >= 15 is 0 Å². The fourth-order valence-corrected chi connectivity index (χ4v) is 3.91. The molecule has 7 heteroatoms. The van der Waals surface area contributed by atoms with Gasteiger partial charge in [0.25, 0.3) is 5.56 Å². The van der Waals surface area contributed by atoms with Crippen molar-refractivity contribution in [3.8, 4) is 0 Å². The highest BCUT2D eigenvalue weighted by atomic mass is 16.3. The van der Waals surface area contributed by atoms with E-state index in [9.17, 15) is 9.59 Å². The first-order valence-electron chi connectivity index (χ1n) is 8.22. The summed E-state index contributed by atoms with van der Waals surface area (Å²) in [5.41, 5.74) is 0.298. The topological polar surface area (TPSA) is 89.5 Å². The number of hydrogen-bond donors (Lipinski definition) is 2. The lowest BCUT2D eigenvalue weighted by Crippen LogP contribution is -2.50. The van der Waals surface area contributed by atoms with E-state index in [0.29, 0.717) is 25.5 Å². The van der Waals surface area contributed by atoms with Crippen LogP contribution in [0, 0.1) is 12.3 Å². The Balaban J connectivity index is 1.70. The number of rotatable bonds is 4. The molecule has 2 fully saturated rings.